The molecule has 25 heavy (non-hydrogen) atoms. The first-order valence-corrected chi connectivity index (χ1v) is 8.51. The molecule has 6 nitrogen and oxygen atoms in total. The summed E-state index contributed by atoms with van der Waals surface area (Å²) in [6.07, 6.45) is 3.14. The zero-order chi connectivity index (χ0) is 17.6. The maximum absolute atomic E-state index is 12.0. The summed E-state index contributed by atoms with van der Waals surface area (Å²) < 4.78 is 1.16. The number of aryl methyl sites for hydroxylation is 1. The van der Waals surface area contributed by atoms with Gasteiger partial charge in [-0.3, -0.25) is 14.6 Å². The summed E-state index contributed by atoms with van der Waals surface area (Å²) in [6.45, 7) is 1.62. The molecule has 0 saturated heterocycles. The lowest BCUT2D eigenvalue weighted by atomic mass is 10.2. The van der Waals surface area contributed by atoms with Crippen LogP contribution in [0, 0.1) is 6.92 Å². The van der Waals surface area contributed by atoms with Gasteiger partial charge in [0.15, 0.2) is 0 Å². The van der Waals surface area contributed by atoms with Crippen LogP contribution in [0.15, 0.2) is 53.1 Å². The summed E-state index contributed by atoms with van der Waals surface area (Å²) in [5, 5.41) is 9.54. The average molecular weight is 352 g/mol. The van der Waals surface area contributed by atoms with E-state index < -0.39 is 5.91 Å². The molecule has 0 aliphatic heterocycles. The summed E-state index contributed by atoms with van der Waals surface area (Å²) in [5.41, 5.74) is 4.41. The number of amides is 2. The molecule has 0 aliphatic rings. The van der Waals surface area contributed by atoms with E-state index in [0.29, 0.717) is 5.69 Å². The number of pyridine rings is 1. The van der Waals surface area contributed by atoms with Crippen molar-refractivity contribution in [3.8, 4) is 0 Å². The molecule has 0 saturated carbocycles. The van der Waals surface area contributed by atoms with Crippen LogP contribution >= 0.6 is 11.3 Å². The fraction of sp³-hybridized carbons (Fsp3) is 0.111. The highest BCUT2D eigenvalue weighted by Gasteiger charge is 2.11. The molecule has 0 aliphatic carbocycles. The van der Waals surface area contributed by atoms with Crippen molar-refractivity contribution in [2.75, 3.05) is 6.54 Å². The summed E-state index contributed by atoms with van der Waals surface area (Å²) >= 11 is 1.62. The molecule has 0 unspecified atom stereocenters. The standard InChI is InChI=1S/C18H16N4O2S/c1-12-5-4-8-19-17(12)18(24)20-10-16(23)22-21-9-13-11-25-15-7-3-2-6-14(13)15/h2-9,11H,10H2,1H3,(H,20,24)(H,22,23)/b21-9+. The van der Waals surface area contributed by atoms with Gasteiger partial charge in [0.25, 0.3) is 11.8 Å². The molecule has 0 radical (unpaired) electrons. The summed E-state index contributed by atoms with van der Waals surface area (Å²) in [4.78, 5) is 27.8. The minimum absolute atomic E-state index is 0.170. The molecule has 7 heteroatoms. The lowest BCUT2D eigenvalue weighted by Gasteiger charge is -2.05. The van der Waals surface area contributed by atoms with E-state index >= 15 is 0 Å². The van der Waals surface area contributed by atoms with Gasteiger partial charge in [-0.25, -0.2) is 5.43 Å². The van der Waals surface area contributed by atoms with E-state index in [9.17, 15) is 9.59 Å². The van der Waals surface area contributed by atoms with Gasteiger partial charge in [0.05, 0.1) is 12.8 Å². The monoisotopic (exact) mass is 352 g/mol. The Morgan fingerprint density at radius 1 is 1.24 bits per heavy atom. The van der Waals surface area contributed by atoms with Crippen molar-refractivity contribution in [1.29, 1.82) is 0 Å². The third-order valence-electron chi connectivity index (χ3n) is 3.54. The van der Waals surface area contributed by atoms with Gasteiger partial charge >= 0.3 is 0 Å². The van der Waals surface area contributed by atoms with Gasteiger partial charge in [-0.1, -0.05) is 24.3 Å². The number of hydrogen-bond donors (Lipinski definition) is 2. The fourth-order valence-electron chi connectivity index (χ4n) is 2.28. The van der Waals surface area contributed by atoms with E-state index in [4.69, 9.17) is 0 Å². The number of nitrogens with zero attached hydrogens (tertiary/aromatic N) is 2. The largest absolute Gasteiger partial charge is 0.342 e. The number of carbonyl (C=O) groups is 2. The summed E-state index contributed by atoms with van der Waals surface area (Å²) in [6, 6.07) is 11.5. The number of aromatic nitrogens is 1. The fourth-order valence-corrected chi connectivity index (χ4v) is 3.19. The smallest absolute Gasteiger partial charge is 0.270 e. The number of thiophene rings is 1. The predicted octanol–water partition coefficient (Wildman–Crippen LogP) is 2.48. The molecule has 0 bridgehead atoms. The molecule has 2 N–H and O–H groups in total. The van der Waals surface area contributed by atoms with Gasteiger partial charge < -0.3 is 5.32 Å². The van der Waals surface area contributed by atoms with Crippen LogP contribution in [0.3, 0.4) is 0 Å². The number of rotatable bonds is 5. The molecular formula is C18H16N4O2S. The third kappa shape index (κ3) is 4.07. The predicted molar refractivity (Wildman–Crippen MR) is 98.9 cm³/mol. The van der Waals surface area contributed by atoms with Crippen molar-refractivity contribution in [3.05, 3.63) is 64.8 Å². The molecule has 2 aromatic heterocycles. The van der Waals surface area contributed by atoms with Gasteiger partial charge in [0.1, 0.15) is 5.69 Å². The maximum atomic E-state index is 12.0. The van der Waals surface area contributed by atoms with Crippen LogP contribution in [0.1, 0.15) is 21.6 Å². The highest BCUT2D eigenvalue weighted by atomic mass is 32.1. The number of nitrogens with one attached hydrogen (secondary N) is 2. The van der Waals surface area contributed by atoms with Crippen LogP contribution in [0.25, 0.3) is 10.1 Å². The number of benzene rings is 1. The van der Waals surface area contributed by atoms with Crippen molar-refractivity contribution in [2.24, 2.45) is 5.10 Å². The molecule has 0 spiro atoms. The first kappa shape index (κ1) is 16.8. The minimum atomic E-state index is -0.405. The normalized spacial score (nSPS) is 10.9. The van der Waals surface area contributed by atoms with Gasteiger partial charge in [-0.15, -0.1) is 11.3 Å². The number of hydrogen-bond acceptors (Lipinski definition) is 5. The van der Waals surface area contributed by atoms with E-state index in [2.05, 4.69) is 20.8 Å². The van der Waals surface area contributed by atoms with E-state index in [-0.39, 0.29) is 12.5 Å². The zero-order valence-electron chi connectivity index (χ0n) is 13.5. The topological polar surface area (TPSA) is 83.5 Å². The molecule has 0 fully saturated rings. The second-order valence-electron chi connectivity index (χ2n) is 5.33. The maximum Gasteiger partial charge on any atom is 0.270 e. The molecule has 1 aromatic carbocycles. The van der Waals surface area contributed by atoms with Crippen molar-refractivity contribution in [3.63, 3.8) is 0 Å². The SMILES string of the molecule is Cc1cccnc1C(=O)NCC(=O)N/N=C/c1csc2ccccc12. The van der Waals surface area contributed by atoms with Crippen LogP contribution in [0.2, 0.25) is 0 Å². The van der Waals surface area contributed by atoms with Crippen LogP contribution in [-0.2, 0) is 4.79 Å². The molecule has 126 valence electrons. The Balaban J connectivity index is 1.53. The molecule has 3 rings (SSSR count). The first-order valence-electron chi connectivity index (χ1n) is 7.63. The zero-order valence-corrected chi connectivity index (χ0v) is 14.3. The van der Waals surface area contributed by atoms with Crippen LogP contribution in [0.4, 0.5) is 0 Å². The van der Waals surface area contributed by atoms with Gasteiger partial charge in [-0.05, 0) is 24.6 Å². The Morgan fingerprint density at radius 3 is 2.92 bits per heavy atom. The van der Waals surface area contributed by atoms with E-state index in [1.54, 1.807) is 36.6 Å². The number of hydrazone groups is 1. The number of carbonyl (C=O) groups excluding carboxylic acids is 2. The van der Waals surface area contributed by atoms with Crippen molar-refractivity contribution >= 4 is 39.5 Å². The van der Waals surface area contributed by atoms with Crippen LogP contribution in [0.5, 0.6) is 0 Å². The van der Waals surface area contributed by atoms with Gasteiger partial charge in [-0.2, -0.15) is 5.10 Å². The highest BCUT2D eigenvalue weighted by molar-refractivity contribution is 7.17. The van der Waals surface area contributed by atoms with Crippen molar-refractivity contribution < 1.29 is 9.59 Å². The molecule has 2 amide bonds. The van der Waals surface area contributed by atoms with Crippen molar-refractivity contribution in [1.82, 2.24) is 15.7 Å². The Hall–Kier alpha value is -3.06. The molecule has 3 aromatic rings. The van der Waals surface area contributed by atoms with Crippen molar-refractivity contribution in [2.45, 2.75) is 6.92 Å². The average Bonchev–Trinajstić information content (AvgIpc) is 3.03. The van der Waals surface area contributed by atoms with Crippen LogP contribution in [-0.4, -0.2) is 29.6 Å². The van der Waals surface area contributed by atoms with Gasteiger partial charge in [0.2, 0.25) is 0 Å². The second-order valence-corrected chi connectivity index (χ2v) is 6.24. The van der Waals surface area contributed by atoms with Gasteiger partial charge in [0, 0.05) is 27.2 Å². The lowest BCUT2D eigenvalue weighted by Crippen LogP contribution is -2.35. The minimum Gasteiger partial charge on any atom is -0.342 e. The third-order valence-corrected chi connectivity index (χ3v) is 4.52. The molecule has 2 heterocycles. The number of fused-ring (bicyclic) bond motifs is 1. The van der Waals surface area contributed by atoms with E-state index in [0.717, 1.165) is 21.2 Å². The molecule has 0 atom stereocenters. The second kappa shape index (κ2) is 7.67. The Bertz CT molecular complexity index is 949. The first-order chi connectivity index (χ1) is 12.1. The van der Waals surface area contributed by atoms with Crippen LogP contribution < -0.4 is 10.7 Å². The van der Waals surface area contributed by atoms with E-state index in [1.165, 1.54) is 6.20 Å². The Labute approximate surface area is 148 Å². The summed E-state index contributed by atoms with van der Waals surface area (Å²) in [5.74, 6) is -0.793. The lowest BCUT2D eigenvalue weighted by molar-refractivity contribution is -0.120. The molecular weight excluding hydrogens is 336 g/mol. The highest BCUT2D eigenvalue weighted by Crippen LogP contribution is 2.23. The Kier molecular flexibility index (Phi) is 5.15. The Morgan fingerprint density at radius 2 is 2.08 bits per heavy atom. The quantitative estimate of drug-likeness (QED) is 0.547. The summed E-state index contributed by atoms with van der Waals surface area (Å²) in [7, 11) is 0. The van der Waals surface area contributed by atoms with E-state index in [1.807, 2.05) is 29.6 Å².